The van der Waals surface area contributed by atoms with Crippen molar-refractivity contribution in [2.75, 3.05) is 26.8 Å². The van der Waals surface area contributed by atoms with E-state index in [1.807, 2.05) is 40.1 Å². The summed E-state index contributed by atoms with van der Waals surface area (Å²) in [6, 6.07) is 16.2. The van der Waals surface area contributed by atoms with Crippen molar-refractivity contribution >= 4 is 11.8 Å². The molecule has 3 aliphatic rings. The number of rotatable bonds is 4. The van der Waals surface area contributed by atoms with Crippen molar-refractivity contribution in [3.8, 4) is 0 Å². The highest BCUT2D eigenvalue weighted by atomic mass is 16.5. The van der Waals surface area contributed by atoms with Crippen molar-refractivity contribution in [3.05, 3.63) is 70.8 Å². The van der Waals surface area contributed by atoms with Crippen molar-refractivity contribution in [1.29, 1.82) is 0 Å². The molecule has 0 bridgehead atoms. The number of hydrogen-bond acceptors (Lipinski definition) is 3. The lowest BCUT2D eigenvalue weighted by Crippen LogP contribution is -2.61. The molecule has 2 aliphatic heterocycles. The summed E-state index contributed by atoms with van der Waals surface area (Å²) < 4.78 is 5.35. The minimum Gasteiger partial charge on any atom is -0.383 e. The first-order valence-corrected chi connectivity index (χ1v) is 11.4. The van der Waals surface area contributed by atoms with E-state index in [0.29, 0.717) is 25.3 Å². The Labute approximate surface area is 184 Å². The SMILES string of the molecule is COCCN1C(=O)c2ccccc2[C@@H](C(=O)N2CCc3ccccc3C2)C12CCCC2. The quantitative estimate of drug-likeness (QED) is 0.760. The molecule has 2 aromatic rings. The average molecular weight is 419 g/mol. The maximum Gasteiger partial charge on any atom is 0.254 e. The molecule has 1 fully saturated rings. The summed E-state index contributed by atoms with van der Waals surface area (Å²) in [6.45, 7) is 2.39. The minimum absolute atomic E-state index is 0.0441. The molecule has 1 saturated carbocycles. The molecule has 0 N–H and O–H groups in total. The number of benzene rings is 2. The highest BCUT2D eigenvalue weighted by molar-refractivity contribution is 6.02. The lowest BCUT2D eigenvalue weighted by Gasteiger charge is -2.51. The molecule has 1 aliphatic carbocycles. The van der Waals surface area contributed by atoms with Crippen LogP contribution in [-0.2, 0) is 22.5 Å². The summed E-state index contributed by atoms with van der Waals surface area (Å²) in [7, 11) is 1.66. The molecule has 0 saturated heterocycles. The van der Waals surface area contributed by atoms with Crippen LogP contribution in [0, 0.1) is 0 Å². The van der Waals surface area contributed by atoms with Crippen molar-refractivity contribution in [1.82, 2.24) is 9.80 Å². The van der Waals surface area contributed by atoms with Crippen LogP contribution >= 0.6 is 0 Å². The van der Waals surface area contributed by atoms with Crippen LogP contribution in [0.3, 0.4) is 0 Å². The first kappa shape index (κ1) is 20.3. The minimum atomic E-state index is -0.446. The van der Waals surface area contributed by atoms with Crippen molar-refractivity contribution in [2.24, 2.45) is 0 Å². The van der Waals surface area contributed by atoms with Crippen LogP contribution < -0.4 is 0 Å². The van der Waals surface area contributed by atoms with Gasteiger partial charge in [-0.25, -0.2) is 0 Å². The summed E-state index contributed by atoms with van der Waals surface area (Å²) in [6.07, 6.45) is 4.72. The second kappa shape index (κ2) is 8.12. The molecule has 5 heteroatoms. The van der Waals surface area contributed by atoms with Gasteiger partial charge in [0.1, 0.15) is 0 Å². The Balaban J connectivity index is 1.57. The zero-order chi connectivity index (χ0) is 21.4. The zero-order valence-corrected chi connectivity index (χ0v) is 18.2. The maximum atomic E-state index is 14.2. The van der Waals surface area contributed by atoms with Crippen LogP contribution in [0.1, 0.15) is 58.6 Å². The predicted octanol–water partition coefficient (Wildman–Crippen LogP) is 3.77. The number of fused-ring (bicyclic) bond motifs is 2. The smallest absolute Gasteiger partial charge is 0.254 e. The van der Waals surface area contributed by atoms with Gasteiger partial charge in [0.2, 0.25) is 5.91 Å². The summed E-state index contributed by atoms with van der Waals surface area (Å²) >= 11 is 0. The van der Waals surface area contributed by atoms with E-state index >= 15 is 0 Å². The second-order valence-corrected chi connectivity index (χ2v) is 9.06. The average Bonchev–Trinajstić information content (AvgIpc) is 3.28. The molecule has 162 valence electrons. The van der Waals surface area contributed by atoms with E-state index in [-0.39, 0.29) is 17.7 Å². The van der Waals surface area contributed by atoms with E-state index in [1.165, 1.54) is 11.1 Å². The highest BCUT2D eigenvalue weighted by Crippen LogP contribution is 2.51. The van der Waals surface area contributed by atoms with Gasteiger partial charge in [-0.2, -0.15) is 0 Å². The van der Waals surface area contributed by atoms with E-state index in [0.717, 1.165) is 44.2 Å². The predicted molar refractivity (Wildman–Crippen MR) is 119 cm³/mol. The van der Waals surface area contributed by atoms with E-state index in [2.05, 4.69) is 18.2 Å². The standard InChI is InChI=1S/C26H30N2O3/c1-31-17-16-28-24(29)22-11-5-4-10-21(22)23(26(28)13-6-7-14-26)25(30)27-15-12-19-8-2-3-9-20(19)18-27/h2-5,8-11,23H,6-7,12-18H2,1H3/t23-/m0/s1. The zero-order valence-electron chi connectivity index (χ0n) is 18.2. The van der Waals surface area contributed by atoms with Gasteiger partial charge < -0.3 is 14.5 Å². The van der Waals surface area contributed by atoms with E-state index in [1.54, 1.807) is 7.11 Å². The molecule has 31 heavy (non-hydrogen) atoms. The van der Waals surface area contributed by atoms with Gasteiger partial charge in [0.25, 0.3) is 5.91 Å². The van der Waals surface area contributed by atoms with Crippen molar-refractivity contribution in [3.63, 3.8) is 0 Å². The molecule has 2 heterocycles. The molecule has 1 spiro atoms. The van der Waals surface area contributed by atoms with Gasteiger partial charge in [0.15, 0.2) is 0 Å². The fourth-order valence-corrected chi connectivity index (χ4v) is 6.02. The number of ether oxygens (including phenoxy) is 1. The van der Waals surface area contributed by atoms with Gasteiger partial charge in [0.05, 0.1) is 18.1 Å². The lowest BCUT2D eigenvalue weighted by atomic mass is 9.70. The van der Waals surface area contributed by atoms with E-state index in [9.17, 15) is 9.59 Å². The lowest BCUT2D eigenvalue weighted by molar-refractivity contribution is -0.138. The van der Waals surface area contributed by atoms with Crippen LogP contribution in [0.2, 0.25) is 0 Å². The number of carbonyl (C=O) groups excluding carboxylic acids is 2. The van der Waals surface area contributed by atoms with Crippen molar-refractivity contribution in [2.45, 2.75) is 50.1 Å². The Kier molecular flexibility index (Phi) is 5.30. The molecular weight excluding hydrogens is 388 g/mol. The molecule has 0 aromatic heterocycles. The van der Waals surface area contributed by atoms with Gasteiger partial charge in [-0.1, -0.05) is 55.3 Å². The number of hydrogen-bond donors (Lipinski definition) is 0. The number of nitrogens with zero attached hydrogens (tertiary/aromatic N) is 2. The Morgan fingerprint density at radius 3 is 2.55 bits per heavy atom. The number of amides is 2. The van der Waals surface area contributed by atoms with Gasteiger partial charge in [0, 0.05) is 32.3 Å². The molecular formula is C26H30N2O3. The van der Waals surface area contributed by atoms with Crippen LogP contribution in [0.5, 0.6) is 0 Å². The summed E-state index contributed by atoms with van der Waals surface area (Å²) in [5.41, 5.74) is 3.71. The third-order valence-electron chi connectivity index (χ3n) is 7.50. The summed E-state index contributed by atoms with van der Waals surface area (Å²) in [5.74, 6) is -0.104. The van der Waals surface area contributed by atoms with Crippen LogP contribution in [-0.4, -0.2) is 54.0 Å². The molecule has 2 amide bonds. The molecule has 5 rings (SSSR count). The molecule has 0 radical (unpaired) electrons. The number of methoxy groups -OCH3 is 1. The van der Waals surface area contributed by atoms with Crippen LogP contribution in [0.4, 0.5) is 0 Å². The fourth-order valence-electron chi connectivity index (χ4n) is 6.02. The maximum absolute atomic E-state index is 14.2. The monoisotopic (exact) mass is 418 g/mol. The van der Waals surface area contributed by atoms with Gasteiger partial charge in [-0.3, -0.25) is 9.59 Å². The Morgan fingerprint density at radius 2 is 1.77 bits per heavy atom. The Hall–Kier alpha value is -2.66. The van der Waals surface area contributed by atoms with Gasteiger partial charge in [-0.05, 0) is 42.0 Å². The summed E-state index contributed by atoms with van der Waals surface area (Å²) in [4.78, 5) is 31.7. The normalized spacial score (nSPS) is 21.8. The Morgan fingerprint density at radius 1 is 1.06 bits per heavy atom. The third-order valence-corrected chi connectivity index (χ3v) is 7.50. The van der Waals surface area contributed by atoms with E-state index < -0.39 is 5.54 Å². The topological polar surface area (TPSA) is 49.9 Å². The fraction of sp³-hybridized carbons (Fsp3) is 0.462. The van der Waals surface area contributed by atoms with E-state index in [4.69, 9.17) is 4.74 Å². The van der Waals surface area contributed by atoms with Crippen molar-refractivity contribution < 1.29 is 14.3 Å². The van der Waals surface area contributed by atoms with Crippen LogP contribution in [0.25, 0.3) is 0 Å². The molecule has 2 aromatic carbocycles. The van der Waals surface area contributed by atoms with Gasteiger partial charge in [-0.15, -0.1) is 0 Å². The largest absolute Gasteiger partial charge is 0.383 e. The highest BCUT2D eigenvalue weighted by Gasteiger charge is 2.56. The first-order chi connectivity index (χ1) is 15.2. The van der Waals surface area contributed by atoms with Gasteiger partial charge >= 0.3 is 0 Å². The third kappa shape index (κ3) is 3.26. The molecule has 5 nitrogen and oxygen atoms in total. The summed E-state index contributed by atoms with van der Waals surface area (Å²) in [5, 5.41) is 0. The Bertz CT molecular complexity index is 996. The molecule has 0 unspecified atom stereocenters. The van der Waals surface area contributed by atoms with Crippen LogP contribution in [0.15, 0.2) is 48.5 Å². The molecule has 1 atom stereocenters. The number of carbonyl (C=O) groups is 2. The first-order valence-electron chi connectivity index (χ1n) is 11.4. The second-order valence-electron chi connectivity index (χ2n) is 9.06.